The Morgan fingerprint density at radius 2 is 1.78 bits per heavy atom. The van der Waals surface area contributed by atoms with Crippen molar-refractivity contribution in [2.75, 3.05) is 12.4 Å². The molecule has 0 bridgehead atoms. The Kier molecular flexibility index (Phi) is 5.49. The Labute approximate surface area is 181 Å². The molecule has 0 radical (unpaired) electrons. The monoisotopic (exact) mass is 431 g/mol. The predicted octanol–water partition coefficient (Wildman–Crippen LogP) is 3.88. The molecule has 3 N–H and O–H groups in total. The van der Waals surface area contributed by atoms with Crippen molar-refractivity contribution in [1.29, 1.82) is 0 Å². The van der Waals surface area contributed by atoms with Crippen molar-refractivity contribution in [1.82, 2.24) is 15.3 Å². The van der Waals surface area contributed by atoms with E-state index in [4.69, 9.17) is 4.74 Å². The van der Waals surface area contributed by atoms with Gasteiger partial charge in [0, 0.05) is 48.0 Å². The number of carbonyl (C=O) groups excluding carboxylic acids is 2. The number of nitro benzene ring substituents is 1. The molecule has 0 fully saturated rings. The maximum Gasteiger partial charge on any atom is 0.274 e. The SMILES string of the molecule is CNC(=O)c1cc2cc(NC(=O)c3cc(Oc4ccc([N+](=O)[O-])cc4)ccn3)ccc2[nH]1. The van der Waals surface area contributed by atoms with Crippen LogP contribution in [0, 0.1) is 10.1 Å². The van der Waals surface area contributed by atoms with E-state index in [0.29, 0.717) is 22.9 Å². The second-order valence-corrected chi connectivity index (χ2v) is 6.75. The van der Waals surface area contributed by atoms with E-state index in [1.165, 1.54) is 36.5 Å². The highest BCUT2D eigenvalue weighted by Gasteiger charge is 2.12. The van der Waals surface area contributed by atoms with E-state index in [9.17, 15) is 19.7 Å². The zero-order chi connectivity index (χ0) is 22.7. The first kappa shape index (κ1) is 20.5. The lowest BCUT2D eigenvalue weighted by atomic mass is 10.2. The molecule has 0 aliphatic rings. The van der Waals surface area contributed by atoms with E-state index >= 15 is 0 Å². The van der Waals surface area contributed by atoms with Gasteiger partial charge in [-0.25, -0.2) is 0 Å². The second kappa shape index (κ2) is 8.56. The summed E-state index contributed by atoms with van der Waals surface area (Å²) in [6, 6.07) is 15.6. The normalized spacial score (nSPS) is 10.5. The number of nitrogens with one attached hydrogen (secondary N) is 3. The summed E-state index contributed by atoms with van der Waals surface area (Å²) >= 11 is 0. The molecule has 4 aromatic rings. The fourth-order valence-electron chi connectivity index (χ4n) is 3.03. The molecule has 32 heavy (non-hydrogen) atoms. The van der Waals surface area contributed by atoms with Gasteiger partial charge >= 0.3 is 0 Å². The van der Waals surface area contributed by atoms with Crippen molar-refractivity contribution in [3.8, 4) is 11.5 Å². The van der Waals surface area contributed by atoms with Crippen molar-refractivity contribution in [2.24, 2.45) is 0 Å². The zero-order valence-corrected chi connectivity index (χ0v) is 16.8. The Balaban J connectivity index is 1.48. The molecule has 2 aromatic carbocycles. The predicted molar refractivity (Wildman–Crippen MR) is 117 cm³/mol. The largest absolute Gasteiger partial charge is 0.457 e. The van der Waals surface area contributed by atoms with Crippen molar-refractivity contribution < 1.29 is 19.2 Å². The summed E-state index contributed by atoms with van der Waals surface area (Å²) in [5.74, 6) is 0.0645. The second-order valence-electron chi connectivity index (χ2n) is 6.75. The molecule has 10 heteroatoms. The molecule has 4 rings (SSSR count). The molecule has 0 unspecified atom stereocenters. The third-order valence-corrected chi connectivity index (χ3v) is 4.60. The molecule has 0 aliphatic heterocycles. The summed E-state index contributed by atoms with van der Waals surface area (Å²) in [6.45, 7) is 0. The van der Waals surface area contributed by atoms with Gasteiger partial charge in [0.1, 0.15) is 22.9 Å². The number of aromatic amines is 1. The number of amides is 2. The molecule has 0 saturated heterocycles. The summed E-state index contributed by atoms with van der Waals surface area (Å²) in [7, 11) is 1.55. The lowest BCUT2D eigenvalue weighted by molar-refractivity contribution is -0.384. The maximum atomic E-state index is 12.7. The van der Waals surface area contributed by atoms with Crippen LogP contribution in [0.1, 0.15) is 21.0 Å². The molecule has 0 spiro atoms. The number of fused-ring (bicyclic) bond motifs is 1. The molecule has 2 heterocycles. The van der Waals surface area contributed by atoms with E-state index < -0.39 is 10.8 Å². The quantitative estimate of drug-likeness (QED) is 0.313. The summed E-state index contributed by atoms with van der Waals surface area (Å²) in [6.07, 6.45) is 1.43. The fourth-order valence-corrected chi connectivity index (χ4v) is 3.03. The van der Waals surface area contributed by atoms with Crippen LogP contribution in [0.2, 0.25) is 0 Å². The average molecular weight is 431 g/mol. The summed E-state index contributed by atoms with van der Waals surface area (Å²) < 4.78 is 5.66. The van der Waals surface area contributed by atoms with Gasteiger partial charge in [0.25, 0.3) is 17.5 Å². The number of nitrogens with zero attached hydrogens (tertiary/aromatic N) is 2. The van der Waals surface area contributed by atoms with Crippen molar-refractivity contribution >= 4 is 34.1 Å². The fraction of sp³-hybridized carbons (Fsp3) is 0.0455. The van der Waals surface area contributed by atoms with E-state index in [1.54, 1.807) is 37.4 Å². The number of aromatic nitrogens is 2. The van der Waals surface area contributed by atoms with Gasteiger partial charge in [0.05, 0.1) is 4.92 Å². The number of pyridine rings is 1. The van der Waals surface area contributed by atoms with Gasteiger partial charge in [-0.05, 0) is 42.5 Å². The molecular weight excluding hydrogens is 414 g/mol. The maximum absolute atomic E-state index is 12.7. The number of rotatable bonds is 6. The van der Waals surface area contributed by atoms with Gasteiger partial charge in [-0.15, -0.1) is 0 Å². The highest BCUT2D eigenvalue weighted by molar-refractivity contribution is 6.04. The molecule has 0 saturated carbocycles. The first-order chi connectivity index (χ1) is 15.4. The molecule has 0 atom stereocenters. The Morgan fingerprint density at radius 3 is 2.50 bits per heavy atom. The van der Waals surface area contributed by atoms with Gasteiger partial charge in [-0.2, -0.15) is 0 Å². The number of H-pyrrole nitrogens is 1. The number of nitro groups is 1. The van der Waals surface area contributed by atoms with Crippen LogP contribution in [-0.2, 0) is 0 Å². The Morgan fingerprint density at radius 1 is 1.00 bits per heavy atom. The van der Waals surface area contributed by atoms with Crippen LogP contribution in [0.5, 0.6) is 11.5 Å². The lowest BCUT2D eigenvalue weighted by Crippen LogP contribution is -2.17. The van der Waals surface area contributed by atoms with Gasteiger partial charge < -0.3 is 20.4 Å². The number of benzene rings is 2. The number of anilines is 1. The number of hydrogen-bond acceptors (Lipinski definition) is 6. The average Bonchev–Trinajstić information content (AvgIpc) is 3.22. The van der Waals surface area contributed by atoms with Crippen LogP contribution in [0.25, 0.3) is 10.9 Å². The summed E-state index contributed by atoms with van der Waals surface area (Å²) in [5, 5.41) is 16.8. The molecule has 2 amide bonds. The molecular formula is C22H17N5O5. The van der Waals surface area contributed by atoms with Crippen LogP contribution in [0.3, 0.4) is 0 Å². The molecule has 160 valence electrons. The first-order valence-electron chi connectivity index (χ1n) is 9.47. The van der Waals surface area contributed by atoms with E-state index in [0.717, 1.165) is 10.9 Å². The van der Waals surface area contributed by atoms with E-state index in [1.807, 2.05) is 0 Å². The van der Waals surface area contributed by atoms with Gasteiger partial charge in [-0.3, -0.25) is 24.7 Å². The van der Waals surface area contributed by atoms with Crippen molar-refractivity contribution in [2.45, 2.75) is 0 Å². The van der Waals surface area contributed by atoms with Gasteiger partial charge in [-0.1, -0.05) is 0 Å². The van der Waals surface area contributed by atoms with Crippen LogP contribution < -0.4 is 15.4 Å². The first-order valence-corrected chi connectivity index (χ1v) is 9.47. The Bertz CT molecular complexity index is 1330. The minimum Gasteiger partial charge on any atom is -0.457 e. The Hall–Kier alpha value is -4.73. The van der Waals surface area contributed by atoms with Crippen molar-refractivity contribution in [3.63, 3.8) is 0 Å². The number of ether oxygens (including phenoxy) is 1. The summed E-state index contributed by atoms with van der Waals surface area (Å²) in [4.78, 5) is 41.8. The topological polar surface area (TPSA) is 139 Å². The number of carbonyl (C=O) groups is 2. The standard InChI is InChI=1S/C22H17N5O5/c1-23-21(28)20-11-13-10-14(2-7-18(13)26-20)25-22(29)19-12-17(8-9-24-19)32-16-5-3-15(4-6-16)27(30)31/h2-12,26H,1H3,(H,23,28)(H,25,29). The minimum absolute atomic E-state index is 0.0472. The highest BCUT2D eigenvalue weighted by atomic mass is 16.6. The van der Waals surface area contributed by atoms with Gasteiger partial charge in [0.15, 0.2) is 0 Å². The zero-order valence-electron chi connectivity index (χ0n) is 16.8. The molecule has 0 aliphatic carbocycles. The smallest absolute Gasteiger partial charge is 0.274 e. The van der Waals surface area contributed by atoms with Crippen LogP contribution >= 0.6 is 0 Å². The van der Waals surface area contributed by atoms with E-state index in [2.05, 4.69) is 20.6 Å². The van der Waals surface area contributed by atoms with E-state index in [-0.39, 0.29) is 17.3 Å². The van der Waals surface area contributed by atoms with Crippen molar-refractivity contribution in [3.05, 3.63) is 88.4 Å². The lowest BCUT2D eigenvalue weighted by Gasteiger charge is -2.08. The van der Waals surface area contributed by atoms with Gasteiger partial charge in [0.2, 0.25) is 0 Å². The molecule has 2 aromatic heterocycles. The minimum atomic E-state index is -0.497. The van der Waals surface area contributed by atoms with Crippen LogP contribution in [-0.4, -0.2) is 33.8 Å². The van der Waals surface area contributed by atoms with Crippen LogP contribution in [0.15, 0.2) is 66.9 Å². The highest BCUT2D eigenvalue weighted by Crippen LogP contribution is 2.25. The third kappa shape index (κ3) is 4.38. The number of non-ortho nitro benzene ring substituents is 1. The summed E-state index contributed by atoms with van der Waals surface area (Å²) in [5.41, 5.74) is 1.80. The number of hydrogen-bond donors (Lipinski definition) is 3. The third-order valence-electron chi connectivity index (χ3n) is 4.60. The molecule has 10 nitrogen and oxygen atoms in total. The van der Waals surface area contributed by atoms with Crippen LogP contribution in [0.4, 0.5) is 11.4 Å².